The minimum atomic E-state index is 0.188. The summed E-state index contributed by atoms with van der Waals surface area (Å²) in [6, 6.07) is 3.90. The molecular weight excluding hydrogens is 292 g/mol. The maximum Gasteiger partial charge on any atom is 0.225 e. The van der Waals surface area contributed by atoms with Crippen LogP contribution >= 0.6 is 22.9 Å². The van der Waals surface area contributed by atoms with Crippen LogP contribution in [-0.2, 0) is 11.3 Å². The first kappa shape index (κ1) is 15.8. The fourth-order valence-corrected chi connectivity index (χ4v) is 3.98. The number of nitrogens with two attached hydrogens (primary N) is 1. The molecule has 2 N–H and O–H groups in total. The lowest BCUT2D eigenvalue weighted by Crippen LogP contribution is -2.37. The van der Waals surface area contributed by atoms with Gasteiger partial charge in [-0.05, 0) is 57.2 Å². The normalized spacial score (nSPS) is 22.8. The Hall–Kier alpha value is -0.580. The second-order valence-corrected chi connectivity index (χ2v) is 7.31. The standard InChI is InChI=1S/C15H23ClN2OS/c1-2-18(10-13-7-8-14(16)20-13)15(19)12-5-3-11(9-17)4-6-12/h7-8,11-12H,2-6,9-10,17H2,1H3. The fraction of sp³-hybridized carbons (Fsp3) is 0.667. The molecule has 1 heterocycles. The van der Waals surface area contributed by atoms with Crippen molar-refractivity contribution in [2.45, 2.75) is 39.2 Å². The van der Waals surface area contributed by atoms with Crippen LogP contribution in [0, 0.1) is 11.8 Å². The Kier molecular flexibility index (Phi) is 5.87. The molecule has 0 atom stereocenters. The largest absolute Gasteiger partial charge is 0.338 e. The van der Waals surface area contributed by atoms with E-state index >= 15 is 0 Å². The highest BCUT2D eigenvalue weighted by molar-refractivity contribution is 7.16. The lowest BCUT2D eigenvalue weighted by molar-refractivity contribution is -0.137. The van der Waals surface area contributed by atoms with Gasteiger partial charge in [0, 0.05) is 17.3 Å². The summed E-state index contributed by atoms with van der Waals surface area (Å²) in [4.78, 5) is 15.7. The molecule has 0 bridgehead atoms. The Bertz CT molecular complexity index is 441. The Morgan fingerprint density at radius 1 is 1.40 bits per heavy atom. The minimum absolute atomic E-state index is 0.188. The zero-order valence-electron chi connectivity index (χ0n) is 12.0. The van der Waals surface area contributed by atoms with Gasteiger partial charge in [-0.3, -0.25) is 4.79 Å². The van der Waals surface area contributed by atoms with Crippen LogP contribution in [0.5, 0.6) is 0 Å². The predicted molar refractivity (Wildman–Crippen MR) is 84.9 cm³/mol. The lowest BCUT2D eigenvalue weighted by atomic mass is 9.81. The van der Waals surface area contributed by atoms with Crippen molar-refractivity contribution in [2.75, 3.05) is 13.1 Å². The van der Waals surface area contributed by atoms with Crippen molar-refractivity contribution in [3.63, 3.8) is 0 Å². The number of hydrogen-bond donors (Lipinski definition) is 1. The van der Waals surface area contributed by atoms with Crippen molar-refractivity contribution in [3.05, 3.63) is 21.3 Å². The van der Waals surface area contributed by atoms with E-state index in [0.717, 1.165) is 48.0 Å². The smallest absolute Gasteiger partial charge is 0.225 e. The van der Waals surface area contributed by atoms with Crippen LogP contribution in [0.25, 0.3) is 0 Å². The van der Waals surface area contributed by atoms with Crippen molar-refractivity contribution < 1.29 is 4.79 Å². The fourth-order valence-electron chi connectivity index (χ4n) is 2.87. The minimum Gasteiger partial charge on any atom is -0.338 e. The second kappa shape index (κ2) is 7.43. The van der Waals surface area contributed by atoms with E-state index < -0.39 is 0 Å². The molecule has 1 aliphatic carbocycles. The van der Waals surface area contributed by atoms with Gasteiger partial charge in [-0.25, -0.2) is 0 Å². The maximum atomic E-state index is 12.6. The topological polar surface area (TPSA) is 46.3 Å². The van der Waals surface area contributed by atoms with Gasteiger partial charge in [0.15, 0.2) is 0 Å². The van der Waals surface area contributed by atoms with Crippen LogP contribution < -0.4 is 5.73 Å². The average molecular weight is 315 g/mol. The number of nitrogens with zero attached hydrogens (tertiary/aromatic N) is 1. The summed E-state index contributed by atoms with van der Waals surface area (Å²) in [5, 5.41) is 0. The van der Waals surface area contributed by atoms with Crippen LogP contribution in [-0.4, -0.2) is 23.9 Å². The molecule has 0 spiro atoms. The Balaban J connectivity index is 1.92. The molecule has 0 radical (unpaired) electrons. The molecule has 5 heteroatoms. The quantitative estimate of drug-likeness (QED) is 0.904. The first-order chi connectivity index (χ1) is 9.63. The molecule has 2 rings (SSSR count). The molecule has 1 aliphatic rings. The number of carbonyl (C=O) groups excluding carboxylic acids is 1. The molecule has 0 aliphatic heterocycles. The van der Waals surface area contributed by atoms with Crippen molar-refractivity contribution >= 4 is 28.8 Å². The van der Waals surface area contributed by atoms with Gasteiger partial charge in [-0.1, -0.05) is 11.6 Å². The highest BCUT2D eigenvalue weighted by Crippen LogP contribution is 2.30. The van der Waals surface area contributed by atoms with Crippen molar-refractivity contribution in [1.29, 1.82) is 0 Å². The van der Waals surface area contributed by atoms with Gasteiger partial charge in [-0.2, -0.15) is 0 Å². The molecule has 0 saturated heterocycles. The van der Waals surface area contributed by atoms with Crippen molar-refractivity contribution in [1.82, 2.24) is 4.90 Å². The third-order valence-electron chi connectivity index (χ3n) is 4.20. The number of hydrogen-bond acceptors (Lipinski definition) is 3. The summed E-state index contributed by atoms with van der Waals surface area (Å²) in [5.41, 5.74) is 5.71. The predicted octanol–water partition coefficient (Wildman–Crippen LogP) is 3.52. The molecule has 0 unspecified atom stereocenters. The summed E-state index contributed by atoms with van der Waals surface area (Å²) in [6.45, 7) is 4.24. The molecule has 1 aromatic heterocycles. The average Bonchev–Trinajstić information content (AvgIpc) is 2.89. The highest BCUT2D eigenvalue weighted by atomic mass is 35.5. The third-order valence-corrected chi connectivity index (χ3v) is 5.41. The van der Waals surface area contributed by atoms with Crippen molar-refractivity contribution in [3.8, 4) is 0 Å². The van der Waals surface area contributed by atoms with Gasteiger partial charge in [0.05, 0.1) is 10.9 Å². The van der Waals surface area contributed by atoms with E-state index in [-0.39, 0.29) is 5.92 Å². The summed E-state index contributed by atoms with van der Waals surface area (Å²) in [5.74, 6) is 1.10. The summed E-state index contributed by atoms with van der Waals surface area (Å²) >= 11 is 7.51. The number of carbonyl (C=O) groups is 1. The summed E-state index contributed by atoms with van der Waals surface area (Å²) in [6.07, 6.45) is 4.16. The molecule has 0 aromatic carbocycles. The monoisotopic (exact) mass is 314 g/mol. The van der Waals surface area contributed by atoms with Gasteiger partial charge in [0.25, 0.3) is 0 Å². The zero-order valence-corrected chi connectivity index (χ0v) is 13.6. The molecule has 1 saturated carbocycles. The van der Waals surface area contributed by atoms with Gasteiger partial charge in [0.2, 0.25) is 5.91 Å². The summed E-state index contributed by atoms with van der Waals surface area (Å²) in [7, 11) is 0. The molecule has 112 valence electrons. The summed E-state index contributed by atoms with van der Waals surface area (Å²) < 4.78 is 0.784. The van der Waals surface area contributed by atoms with Crippen LogP contribution in [0.3, 0.4) is 0 Å². The molecule has 1 aromatic rings. The van der Waals surface area contributed by atoms with Crippen LogP contribution in [0.2, 0.25) is 4.34 Å². The van der Waals surface area contributed by atoms with E-state index in [1.807, 2.05) is 24.0 Å². The van der Waals surface area contributed by atoms with E-state index in [0.29, 0.717) is 18.4 Å². The molecule has 1 fully saturated rings. The first-order valence-corrected chi connectivity index (χ1v) is 8.56. The maximum absolute atomic E-state index is 12.6. The van der Waals surface area contributed by atoms with Gasteiger partial charge < -0.3 is 10.6 Å². The Morgan fingerprint density at radius 3 is 2.60 bits per heavy atom. The second-order valence-electron chi connectivity index (χ2n) is 5.51. The van der Waals surface area contributed by atoms with Crippen LogP contribution in [0.1, 0.15) is 37.5 Å². The molecule has 3 nitrogen and oxygen atoms in total. The highest BCUT2D eigenvalue weighted by Gasteiger charge is 2.28. The number of halogens is 1. The van der Waals surface area contributed by atoms with E-state index in [4.69, 9.17) is 17.3 Å². The number of rotatable bonds is 5. The molecular formula is C15H23ClN2OS. The van der Waals surface area contributed by atoms with Gasteiger partial charge in [-0.15, -0.1) is 11.3 Å². The van der Waals surface area contributed by atoms with Gasteiger partial charge in [0.1, 0.15) is 0 Å². The van der Waals surface area contributed by atoms with Crippen LogP contribution in [0.4, 0.5) is 0 Å². The number of thiophene rings is 1. The molecule has 1 amide bonds. The van der Waals surface area contributed by atoms with E-state index in [2.05, 4.69) is 0 Å². The third kappa shape index (κ3) is 3.96. The Labute approximate surface area is 130 Å². The number of amides is 1. The van der Waals surface area contributed by atoms with E-state index in [1.165, 1.54) is 0 Å². The van der Waals surface area contributed by atoms with Crippen LogP contribution in [0.15, 0.2) is 12.1 Å². The van der Waals surface area contributed by atoms with Crippen molar-refractivity contribution in [2.24, 2.45) is 17.6 Å². The zero-order chi connectivity index (χ0) is 14.5. The lowest BCUT2D eigenvalue weighted by Gasteiger charge is -2.31. The van der Waals surface area contributed by atoms with E-state index in [9.17, 15) is 4.79 Å². The molecule has 20 heavy (non-hydrogen) atoms. The van der Waals surface area contributed by atoms with Gasteiger partial charge >= 0.3 is 0 Å². The first-order valence-electron chi connectivity index (χ1n) is 7.37. The van der Waals surface area contributed by atoms with E-state index in [1.54, 1.807) is 11.3 Å². The Morgan fingerprint density at radius 2 is 2.10 bits per heavy atom. The SMILES string of the molecule is CCN(Cc1ccc(Cl)s1)C(=O)C1CCC(CN)CC1.